The molecule has 0 fully saturated rings. The maximum absolute atomic E-state index is 6.36. The van der Waals surface area contributed by atoms with E-state index < -0.39 is 0 Å². The van der Waals surface area contributed by atoms with Gasteiger partial charge in [-0.25, -0.2) is 15.0 Å². The maximum atomic E-state index is 6.36. The topological polar surface area (TPSA) is 118 Å². The second kappa shape index (κ2) is 11.9. The van der Waals surface area contributed by atoms with Crippen molar-refractivity contribution < 1.29 is 24.2 Å². The Morgan fingerprint density at radius 1 is 0.431 bits per heavy atom. The van der Waals surface area contributed by atoms with E-state index in [-0.39, 0.29) is 19.5 Å². The number of anilines is 1. The normalized spacial score (nSPS) is 11.6. The van der Waals surface area contributed by atoms with Crippen LogP contribution in [0.25, 0.3) is 89.7 Å². The third-order valence-electron chi connectivity index (χ3n) is 8.96. The van der Waals surface area contributed by atoms with Gasteiger partial charge in [-0.3, -0.25) is 0 Å². The van der Waals surface area contributed by atoms with Crippen molar-refractivity contribution in [2.24, 2.45) is 0 Å². The first-order valence-corrected chi connectivity index (χ1v) is 16.1. The number of aromatic nitrogens is 8. The maximum Gasteiger partial charge on any atom is 2.00 e. The molecule has 2 aliphatic rings. The van der Waals surface area contributed by atoms with Crippen LogP contribution in [-0.2, 0) is 19.5 Å². The van der Waals surface area contributed by atoms with Crippen LogP contribution >= 0.6 is 0 Å². The van der Waals surface area contributed by atoms with Crippen LogP contribution in [0.3, 0.4) is 0 Å². The fourth-order valence-electron chi connectivity index (χ4n) is 6.51. The van der Waals surface area contributed by atoms with Crippen LogP contribution in [0.15, 0.2) is 115 Å². The largest absolute Gasteiger partial charge is 2.00 e. The van der Waals surface area contributed by atoms with E-state index in [1.807, 2.05) is 134 Å². The van der Waals surface area contributed by atoms with Crippen molar-refractivity contribution in [2.45, 2.75) is 0 Å². The zero-order valence-corrected chi connectivity index (χ0v) is 30.6. The Kier molecular flexibility index (Phi) is 7.19. The predicted octanol–water partition coefficient (Wildman–Crippen LogP) is 7.98. The summed E-state index contributed by atoms with van der Waals surface area (Å²) in [5, 5.41) is 3.29. The van der Waals surface area contributed by atoms with Crippen molar-refractivity contribution >= 4 is 49.8 Å². The molecule has 10 rings (SSSR count). The van der Waals surface area contributed by atoms with Gasteiger partial charge >= 0.3 is 19.5 Å². The quantitative estimate of drug-likeness (QED) is 0.167. The molecule has 0 atom stereocenters. The summed E-state index contributed by atoms with van der Waals surface area (Å²) in [7, 11) is 4.00. The number of hydrogen-bond acceptors (Lipinski definition) is 8. The molecule has 5 aromatic carbocycles. The minimum absolute atomic E-state index is 0. The van der Waals surface area contributed by atoms with E-state index in [2.05, 4.69) is 0 Å². The molecule has 0 saturated heterocycles. The van der Waals surface area contributed by atoms with Crippen LogP contribution < -0.4 is 19.6 Å². The second-order valence-corrected chi connectivity index (χ2v) is 12.3. The fourth-order valence-corrected chi connectivity index (χ4v) is 6.51. The Labute approximate surface area is 304 Å². The molecular formula is C40H25N9OZn. The van der Waals surface area contributed by atoms with E-state index in [4.69, 9.17) is 44.6 Å². The molecule has 51 heavy (non-hydrogen) atoms. The summed E-state index contributed by atoms with van der Waals surface area (Å²) in [5.74, 6) is 3.47. The summed E-state index contributed by atoms with van der Waals surface area (Å²) in [6.45, 7) is 0. The Morgan fingerprint density at radius 2 is 0.882 bits per heavy atom. The van der Waals surface area contributed by atoms with Crippen molar-refractivity contribution in [1.82, 2.24) is 39.9 Å². The van der Waals surface area contributed by atoms with Crippen LogP contribution in [0.1, 0.15) is 0 Å². The summed E-state index contributed by atoms with van der Waals surface area (Å²) in [6.07, 6.45) is 0. The summed E-state index contributed by atoms with van der Waals surface area (Å²) in [5.41, 5.74) is 6.49. The molecule has 8 aromatic rings. The number of fused-ring (bicyclic) bond motifs is 20. The molecule has 238 valence electrons. The molecular weight excluding hydrogens is 688 g/mol. The van der Waals surface area contributed by atoms with Gasteiger partial charge in [0.05, 0.1) is 11.6 Å². The van der Waals surface area contributed by atoms with Gasteiger partial charge in [0.25, 0.3) is 0 Å². The van der Waals surface area contributed by atoms with Crippen molar-refractivity contribution in [2.75, 3.05) is 19.0 Å². The molecule has 5 heterocycles. The van der Waals surface area contributed by atoms with Gasteiger partial charge in [-0.2, -0.15) is 0 Å². The van der Waals surface area contributed by atoms with Crippen molar-refractivity contribution in [3.05, 3.63) is 115 Å². The van der Waals surface area contributed by atoms with Gasteiger partial charge < -0.3 is 34.6 Å². The van der Waals surface area contributed by atoms with E-state index >= 15 is 0 Å². The number of nitrogens with zero attached hydrogens (tertiary/aromatic N) is 9. The van der Waals surface area contributed by atoms with Crippen LogP contribution in [-0.4, -0.2) is 44.0 Å². The molecule has 11 heteroatoms. The van der Waals surface area contributed by atoms with Gasteiger partial charge in [-0.15, -0.1) is 0 Å². The minimum atomic E-state index is 0. The van der Waals surface area contributed by atoms with Crippen molar-refractivity contribution in [3.8, 4) is 57.1 Å². The molecule has 0 aliphatic carbocycles. The molecule has 0 N–H and O–H groups in total. The Balaban J connectivity index is 0.00000348. The molecule has 2 aliphatic heterocycles. The van der Waals surface area contributed by atoms with Gasteiger partial charge in [-0.1, -0.05) is 78.9 Å². The molecule has 3 aromatic heterocycles. The first-order chi connectivity index (χ1) is 24.6. The summed E-state index contributed by atoms with van der Waals surface area (Å²) in [6, 6.07) is 37.6. The minimum Gasteiger partial charge on any atom is -0.457 e. The van der Waals surface area contributed by atoms with E-state index in [9.17, 15) is 0 Å². The average molecular weight is 713 g/mol. The molecule has 10 nitrogen and oxygen atoms in total. The smallest absolute Gasteiger partial charge is 0.457 e. The van der Waals surface area contributed by atoms with Gasteiger partial charge in [0.15, 0.2) is 11.6 Å². The second-order valence-electron chi connectivity index (χ2n) is 12.3. The first kappa shape index (κ1) is 30.7. The molecule has 0 radical (unpaired) electrons. The SMILES string of the molecule is CN(C)c1cccc(Oc2ccc3c4nc5nc(nc6nc(nc7[n-]c(nc([n-]4)c3c2)c2ccccc72)-c2ccccc2-6)-c2ccccc2-5)c1.[Zn+2]. The standard InChI is InChI=1S/C40H25N9O.Zn/c1-49(2)22-10-9-11-23(20-22)50-24-18-19-31-32(21-24)40-47-38-30-17-8-7-16-29(30)36(45-38)43-34-26-13-4-3-12-25(26)33(41-34)42-35-27-14-5-6-15-28(27)37(44-35)46-39(31)48-40;/h3-21H,1-2H3;/q-2;+2. The third-order valence-corrected chi connectivity index (χ3v) is 8.96. The number of hydrogen-bond donors (Lipinski definition) is 0. The van der Waals surface area contributed by atoms with E-state index in [1.165, 1.54) is 0 Å². The third kappa shape index (κ3) is 5.13. The summed E-state index contributed by atoms with van der Waals surface area (Å²) in [4.78, 5) is 42.0. The van der Waals surface area contributed by atoms with Gasteiger partial charge in [0.1, 0.15) is 11.5 Å². The Morgan fingerprint density at radius 3 is 1.43 bits per heavy atom. The first-order valence-electron chi connectivity index (χ1n) is 16.1. The monoisotopic (exact) mass is 711 g/mol. The Hall–Kier alpha value is -6.32. The van der Waals surface area contributed by atoms with Crippen molar-refractivity contribution in [3.63, 3.8) is 0 Å². The average Bonchev–Trinajstić information content (AvgIpc) is 3.87. The molecule has 8 bridgehead atoms. The van der Waals surface area contributed by atoms with Crippen LogP contribution in [0.5, 0.6) is 11.5 Å². The molecule has 0 saturated carbocycles. The molecule has 0 amide bonds. The molecule has 0 unspecified atom stereocenters. The zero-order chi connectivity index (χ0) is 33.3. The molecule has 0 spiro atoms. The van der Waals surface area contributed by atoms with Gasteiger partial charge in [0.2, 0.25) is 0 Å². The van der Waals surface area contributed by atoms with Gasteiger partial charge in [-0.05, 0) is 51.9 Å². The van der Waals surface area contributed by atoms with E-state index in [0.29, 0.717) is 51.6 Å². The number of ether oxygens (including phenoxy) is 1. The number of rotatable bonds is 3. The summed E-state index contributed by atoms with van der Waals surface area (Å²) < 4.78 is 6.36. The van der Waals surface area contributed by atoms with Crippen LogP contribution in [0, 0.1) is 0 Å². The van der Waals surface area contributed by atoms with Gasteiger partial charge in [0, 0.05) is 70.7 Å². The fraction of sp³-hybridized carbons (Fsp3) is 0.0500. The van der Waals surface area contributed by atoms with Crippen LogP contribution in [0.2, 0.25) is 0 Å². The summed E-state index contributed by atoms with van der Waals surface area (Å²) >= 11 is 0. The zero-order valence-electron chi connectivity index (χ0n) is 27.6. The predicted molar refractivity (Wildman–Crippen MR) is 195 cm³/mol. The van der Waals surface area contributed by atoms with E-state index in [0.717, 1.165) is 55.2 Å². The van der Waals surface area contributed by atoms with E-state index in [1.54, 1.807) is 0 Å². The number of benzene rings is 5. The Bertz CT molecular complexity index is 2860. The van der Waals surface area contributed by atoms with Crippen molar-refractivity contribution in [1.29, 1.82) is 0 Å². The van der Waals surface area contributed by atoms with Crippen LogP contribution in [0.4, 0.5) is 5.69 Å².